The van der Waals surface area contributed by atoms with Crippen molar-refractivity contribution >= 4 is 29.7 Å². The lowest BCUT2D eigenvalue weighted by Crippen LogP contribution is -2.44. The fourth-order valence-electron chi connectivity index (χ4n) is 1.90. The van der Waals surface area contributed by atoms with Crippen molar-refractivity contribution in [2.24, 2.45) is 0 Å². The Morgan fingerprint density at radius 2 is 1.92 bits per heavy atom. The molecule has 9 heteroatoms. The highest BCUT2D eigenvalue weighted by molar-refractivity contribution is 8.00. The van der Waals surface area contributed by atoms with E-state index in [-0.39, 0.29) is 11.8 Å². The number of thioether (sulfide) groups is 1. The third-order valence-corrected chi connectivity index (χ3v) is 3.87. The first-order chi connectivity index (χ1) is 11.9. The third-order valence-electron chi connectivity index (χ3n) is 2.91. The van der Waals surface area contributed by atoms with Gasteiger partial charge in [-0.2, -0.15) is 0 Å². The van der Waals surface area contributed by atoms with Crippen LogP contribution < -0.4 is 20.1 Å². The van der Waals surface area contributed by atoms with Crippen LogP contribution in [0.2, 0.25) is 0 Å². The average Bonchev–Trinajstić information content (AvgIpc) is 2.57. The second kappa shape index (κ2) is 9.16. The summed E-state index contributed by atoms with van der Waals surface area (Å²) < 4.78 is 15.7. The minimum absolute atomic E-state index is 0.0329. The highest BCUT2D eigenvalue weighted by atomic mass is 32.2. The van der Waals surface area contributed by atoms with Gasteiger partial charge < -0.3 is 19.5 Å². The number of urea groups is 1. The van der Waals surface area contributed by atoms with Crippen molar-refractivity contribution in [2.75, 3.05) is 25.6 Å². The second-order valence-electron chi connectivity index (χ2n) is 5.43. The Kier molecular flexibility index (Phi) is 6.93. The van der Waals surface area contributed by atoms with E-state index < -0.39 is 24.5 Å². The molecule has 1 aliphatic rings. The molecule has 8 nitrogen and oxygen atoms in total. The van der Waals surface area contributed by atoms with Crippen molar-refractivity contribution in [3.8, 4) is 11.5 Å². The molecule has 1 aromatic rings. The Morgan fingerprint density at radius 3 is 2.64 bits per heavy atom. The molecule has 0 atom stereocenters. The summed E-state index contributed by atoms with van der Waals surface area (Å²) in [4.78, 5) is 35.3. The molecule has 0 spiro atoms. The zero-order valence-electron chi connectivity index (χ0n) is 14.0. The van der Waals surface area contributed by atoms with Crippen LogP contribution in [0.5, 0.6) is 11.5 Å². The molecular formula is C16H20N2O6S. The molecule has 0 bridgehead atoms. The molecule has 3 amide bonds. The molecule has 0 saturated heterocycles. The molecule has 0 radical (unpaired) electrons. The van der Waals surface area contributed by atoms with E-state index in [2.05, 4.69) is 10.6 Å². The largest absolute Gasteiger partial charge is 0.486 e. The van der Waals surface area contributed by atoms with Gasteiger partial charge in [0.05, 0.1) is 5.75 Å². The maximum Gasteiger partial charge on any atom is 0.321 e. The first-order valence-corrected chi connectivity index (χ1v) is 8.71. The minimum atomic E-state index is -0.684. The number of fused-ring (bicyclic) bond motifs is 1. The van der Waals surface area contributed by atoms with Gasteiger partial charge >= 0.3 is 12.0 Å². The lowest BCUT2D eigenvalue weighted by atomic mass is 10.3. The Hall–Kier alpha value is -2.42. The second-order valence-corrected chi connectivity index (χ2v) is 6.48. The zero-order chi connectivity index (χ0) is 18.2. The van der Waals surface area contributed by atoms with Crippen LogP contribution in [0.3, 0.4) is 0 Å². The number of esters is 1. The Morgan fingerprint density at radius 1 is 1.20 bits per heavy atom. The van der Waals surface area contributed by atoms with Gasteiger partial charge in [-0.1, -0.05) is 0 Å². The highest BCUT2D eigenvalue weighted by Gasteiger charge is 2.14. The molecule has 1 heterocycles. The van der Waals surface area contributed by atoms with Gasteiger partial charge in [0.25, 0.3) is 5.91 Å². The van der Waals surface area contributed by atoms with Gasteiger partial charge in [0.2, 0.25) is 0 Å². The van der Waals surface area contributed by atoms with E-state index in [0.29, 0.717) is 24.7 Å². The molecule has 0 unspecified atom stereocenters. The number of nitrogens with one attached hydrogen (secondary N) is 2. The number of amides is 3. The number of imide groups is 1. The molecular weight excluding hydrogens is 348 g/mol. The maximum atomic E-state index is 11.7. The summed E-state index contributed by atoms with van der Waals surface area (Å²) >= 11 is 1.25. The quantitative estimate of drug-likeness (QED) is 0.577. The van der Waals surface area contributed by atoms with Crippen LogP contribution in [0, 0.1) is 0 Å². The Bertz CT molecular complexity index is 650. The summed E-state index contributed by atoms with van der Waals surface area (Å²) in [6, 6.07) is 4.66. The summed E-state index contributed by atoms with van der Waals surface area (Å²) in [6.07, 6.45) is 0. The van der Waals surface area contributed by atoms with E-state index >= 15 is 0 Å². The van der Waals surface area contributed by atoms with Crippen molar-refractivity contribution in [1.29, 1.82) is 0 Å². The first-order valence-electron chi connectivity index (χ1n) is 7.72. The molecule has 2 N–H and O–H groups in total. The van der Waals surface area contributed by atoms with Crippen LogP contribution in [0.4, 0.5) is 4.79 Å². The highest BCUT2D eigenvalue weighted by Crippen LogP contribution is 2.34. The van der Waals surface area contributed by atoms with Crippen molar-refractivity contribution in [2.45, 2.75) is 24.8 Å². The number of benzene rings is 1. The number of carbonyl (C=O) groups excluding carboxylic acids is 3. The van der Waals surface area contributed by atoms with Crippen LogP contribution in [0.1, 0.15) is 13.8 Å². The summed E-state index contributed by atoms with van der Waals surface area (Å²) in [6.45, 7) is 4.02. The predicted molar refractivity (Wildman–Crippen MR) is 90.9 cm³/mol. The van der Waals surface area contributed by atoms with E-state index in [9.17, 15) is 14.4 Å². The first kappa shape index (κ1) is 18.9. The zero-order valence-corrected chi connectivity index (χ0v) is 14.8. The minimum Gasteiger partial charge on any atom is -0.486 e. The Labute approximate surface area is 149 Å². The monoisotopic (exact) mass is 368 g/mol. The summed E-state index contributed by atoms with van der Waals surface area (Å²) in [5.41, 5.74) is 0. The van der Waals surface area contributed by atoms with Crippen molar-refractivity contribution in [3.63, 3.8) is 0 Å². The summed E-state index contributed by atoms with van der Waals surface area (Å²) in [7, 11) is 0. The number of ether oxygens (including phenoxy) is 3. The average molecular weight is 368 g/mol. The molecule has 25 heavy (non-hydrogen) atoms. The van der Waals surface area contributed by atoms with E-state index in [4.69, 9.17) is 14.2 Å². The van der Waals surface area contributed by atoms with E-state index in [0.717, 1.165) is 4.90 Å². The molecule has 0 fully saturated rings. The van der Waals surface area contributed by atoms with Gasteiger partial charge in [-0.3, -0.25) is 14.9 Å². The molecule has 0 aromatic heterocycles. The van der Waals surface area contributed by atoms with Gasteiger partial charge in [-0.25, -0.2) is 4.79 Å². The fourth-order valence-corrected chi connectivity index (χ4v) is 2.63. The predicted octanol–water partition coefficient (Wildman–Crippen LogP) is 1.33. The lowest BCUT2D eigenvalue weighted by Gasteiger charge is -2.18. The molecule has 2 rings (SSSR count). The molecule has 1 aliphatic heterocycles. The van der Waals surface area contributed by atoms with Crippen LogP contribution >= 0.6 is 11.8 Å². The lowest BCUT2D eigenvalue weighted by molar-refractivity contribution is -0.145. The van der Waals surface area contributed by atoms with E-state index in [1.807, 2.05) is 6.07 Å². The standard InChI is InChI=1S/C16H20N2O6S/c1-10(2)17-16(21)18-14(19)8-24-15(20)9-25-11-3-4-12-13(7-11)23-6-5-22-12/h3-4,7,10H,5-6,8-9H2,1-2H3,(H2,17,18,19,21). The van der Waals surface area contributed by atoms with Gasteiger partial charge in [0, 0.05) is 10.9 Å². The maximum absolute atomic E-state index is 11.7. The van der Waals surface area contributed by atoms with Crippen molar-refractivity contribution in [1.82, 2.24) is 10.6 Å². The molecule has 0 saturated carbocycles. The van der Waals surface area contributed by atoms with Crippen molar-refractivity contribution < 1.29 is 28.6 Å². The third kappa shape index (κ3) is 6.54. The normalized spacial score (nSPS) is 12.4. The van der Waals surface area contributed by atoms with E-state index in [1.165, 1.54) is 11.8 Å². The molecule has 0 aliphatic carbocycles. The van der Waals surface area contributed by atoms with Gasteiger partial charge in [0.15, 0.2) is 18.1 Å². The number of carbonyl (C=O) groups is 3. The van der Waals surface area contributed by atoms with Crippen LogP contribution in [0.25, 0.3) is 0 Å². The fraction of sp³-hybridized carbons (Fsp3) is 0.438. The summed E-state index contributed by atoms with van der Waals surface area (Å²) in [5, 5.41) is 4.57. The van der Waals surface area contributed by atoms with Crippen LogP contribution in [-0.2, 0) is 14.3 Å². The number of hydrogen-bond acceptors (Lipinski definition) is 7. The number of rotatable bonds is 6. The van der Waals surface area contributed by atoms with Crippen molar-refractivity contribution in [3.05, 3.63) is 18.2 Å². The van der Waals surface area contributed by atoms with Crippen LogP contribution in [0.15, 0.2) is 23.1 Å². The van der Waals surface area contributed by atoms with Gasteiger partial charge in [0.1, 0.15) is 13.2 Å². The Balaban J connectivity index is 1.70. The van der Waals surface area contributed by atoms with Gasteiger partial charge in [-0.05, 0) is 32.0 Å². The smallest absolute Gasteiger partial charge is 0.321 e. The van der Waals surface area contributed by atoms with Crippen LogP contribution in [-0.4, -0.2) is 49.5 Å². The topological polar surface area (TPSA) is 103 Å². The van der Waals surface area contributed by atoms with Gasteiger partial charge in [-0.15, -0.1) is 11.8 Å². The number of hydrogen-bond donors (Lipinski definition) is 2. The molecule has 136 valence electrons. The molecule has 1 aromatic carbocycles. The SMILES string of the molecule is CC(C)NC(=O)NC(=O)COC(=O)CSc1ccc2c(c1)OCCO2. The summed E-state index contributed by atoms with van der Waals surface area (Å²) in [5.74, 6) is 0.107. The van der Waals surface area contributed by atoms with E-state index in [1.54, 1.807) is 26.0 Å².